The Morgan fingerprint density at radius 1 is 1.29 bits per heavy atom. The van der Waals surface area contributed by atoms with E-state index in [9.17, 15) is 8.42 Å². The Hall–Kier alpha value is -0.0900. The number of sulfone groups is 1. The van der Waals surface area contributed by atoms with Gasteiger partial charge >= 0.3 is 0 Å². The maximum atomic E-state index is 12.2. The van der Waals surface area contributed by atoms with E-state index in [-0.39, 0.29) is 29.7 Å². The van der Waals surface area contributed by atoms with Crippen LogP contribution in [-0.4, -0.2) is 80.5 Å². The van der Waals surface area contributed by atoms with Gasteiger partial charge in [-0.3, -0.25) is 9.89 Å². The number of hydrogen-bond donors (Lipinski definition) is 1. The van der Waals surface area contributed by atoms with Crippen molar-refractivity contribution in [2.75, 3.05) is 45.5 Å². The summed E-state index contributed by atoms with van der Waals surface area (Å²) >= 11 is 0. The Bertz CT molecular complexity index is 536. The molecule has 2 fully saturated rings. The first-order valence-corrected chi connectivity index (χ1v) is 10.4. The molecule has 0 radical (unpaired) electrons. The zero-order valence-corrected chi connectivity index (χ0v) is 18.6. The predicted molar refractivity (Wildman–Crippen MR) is 111 cm³/mol. The second-order valence-corrected chi connectivity index (χ2v) is 9.95. The number of guanidine groups is 1. The normalized spacial score (nSPS) is 27.4. The van der Waals surface area contributed by atoms with Crippen LogP contribution in [0.25, 0.3) is 0 Å². The van der Waals surface area contributed by atoms with E-state index in [1.54, 1.807) is 7.05 Å². The minimum absolute atomic E-state index is 0. The Morgan fingerprint density at radius 3 is 2.58 bits per heavy atom. The van der Waals surface area contributed by atoms with E-state index in [0.29, 0.717) is 19.1 Å². The summed E-state index contributed by atoms with van der Waals surface area (Å²) in [5, 5.41) is 3.48. The highest BCUT2D eigenvalue weighted by atomic mass is 127. The molecule has 2 aliphatic rings. The molecule has 2 heterocycles. The molecule has 0 aromatic heterocycles. The van der Waals surface area contributed by atoms with Crippen molar-refractivity contribution in [3.05, 3.63) is 0 Å². The van der Waals surface area contributed by atoms with E-state index in [4.69, 9.17) is 0 Å². The van der Waals surface area contributed by atoms with E-state index < -0.39 is 14.6 Å². The third-order valence-corrected chi connectivity index (χ3v) is 7.74. The first-order chi connectivity index (χ1) is 10.8. The fraction of sp³-hybridized carbons (Fsp3) is 0.938. The van der Waals surface area contributed by atoms with Crippen molar-refractivity contribution in [1.29, 1.82) is 0 Å². The van der Waals surface area contributed by atoms with Gasteiger partial charge in [-0.25, -0.2) is 8.42 Å². The van der Waals surface area contributed by atoms with Crippen LogP contribution in [0.1, 0.15) is 40.0 Å². The summed E-state index contributed by atoms with van der Waals surface area (Å²) in [5.41, 5.74) is 0. The van der Waals surface area contributed by atoms with E-state index in [1.165, 1.54) is 25.8 Å². The Labute approximate surface area is 164 Å². The maximum Gasteiger partial charge on any atom is 0.193 e. The van der Waals surface area contributed by atoms with Crippen LogP contribution in [0.3, 0.4) is 0 Å². The number of nitrogens with zero attached hydrogens (tertiary/aromatic N) is 3. The molecule has 2 rings (SSSR count). The second kappa shape index (κ2) is 9.02. The number of halogens is 1. The fourth-order valence-corrected chi connectivity index (χ4v) is 4.94. The number of likely N-dealkylation sites (tertiary alicyclic amines) is 1. The van der Waals surface area contributed by atoms with Gasteiger partial charge in [-0.1, -0.05) is 13.3 Å². The molecule has 0 saturated carbocycles. The molecule has 8 heteroatoms. The Kier molecular flexibility index (Phi) is 8.25. The minimum atomic E-state index is -3.02. The molecule has 2 aliphatic heterocycles. The lowest BCUT2D eigenvalue weighted by atomic mass is 10.0. The lowest BCUT2D eigenvalue weighted by Gasteiger charge is -2.40. The molecular formula is C16H33IN4O2S. The number of rotatable bonds is 3. The third-order valence-electron chi connectivity index (χ3n) is 5.21. The largest absolute Gasteiger partial charge is 0.355 e. The predicted octanol–water partition coefficient (Wildman–Crippen LogP) is 1.56. The van der Waals surface area contributed by atoms with Crippen molar-refractivity contribution in [2.45, 2.75) is 50.8 Å². The van der Waals surface area contributed by atoms with Crippen molar-refractivity contribution in [1.82, 2.24) is 15.1 Å². The zero-order chi connectivity index (χ0) is 17.1. The summed E-state index contributed by atoms with van der Waals surface area (Å²) in [6.07, 6.45) is 3.80. The molecule has 2 saturated heterocycles. The maximum absolute atomic E-state index is 12.2. The van der Waals surface area contributed by atoms with Gasteiger partial charge in [0.25, 0.3) is 0 Å². The monoisotopic (exact) mass is 472 g/mol. The average Bonchev–Trinajstić information content (AvgIpc) is 2.51. The number of hydrogen-bond acceptors (Lipinski definition) is 4. The molecular weight excluding hydrogens is 439 g/mol. The minimum Gasteiger partial charge on any atom is -0.355 e. The van der Waals surface area contributed by atoms with Crippen molar-refractivity contribution in [3.63, 3.8) is 0 Å². The van der Waals surface area contributed by atoms with Gasteiger partial charge in [-0.05, 0) is 39.8 Å². The van der Waals surface area contributed by atoms with Crippen LogP contribution in [0.4, 0.5) is 0 Å². The molecule has 1 unspecified atom stereocenters. The first-order valence-electron chi connectivity index (χ1n) is 8.72. The number of aliphatic imine (C=N–C) groups is 1. The lowest BCUT2D eigenvalue weighted by molar-refractivity contribution is 0.156. The SMILES string of the molecule is CCN1CCCCC1CNC(=NC)N1CCS(=O)(=O)C(C)(C)C1.I. The average molecular weight is 472 g/mol. The van der Waals surface area contributed by atoms with Gasteiger partial charge < -0.3 is 10.2 Å². The van der Waals surface area contributed by atoms with Gasteiger partial charge in [0.1, 0.15) is 0 Å². The quantitative estimate of drug-likeness (QED) is 0.384. The molecule has 6 nitrogen and oxygen atoms in total. The second-order valence-electron chi connectivity index (χ2n) is 7.21. The van der Waals surface area contributed by atoms with Crippen LogP contribution >= 0.6 is 24.0 Å². The summed E-state index contributed by atoms with van der Waals surface area (Å²) in [6, 6.07) is 0.548. The van der Waals surface area contributed by atoms with E-state index in [0.717, 1.165) is 19.0 Å². The van der Waals surface area contributed by atoms with E-state index in [1.807, 2.05) is 13.8 Å². The highest BCUT2D eigenvalue weighted by molar-refractivity contribution is 14.0. The smallest absolute Gasteiger partial charge is 0.193 e. The molecule has 1 N–H and O–H groups in total. The molecule has 142 valence electrons. The molecule has 0 aliphatic carbocycles. The molecule has 1 atom stereocenters. The van der Waals surface area contributed by atoms with Gasteiger partial charge in [0.15, 0.2) is 15.8 Å². The highest BCUT2D eigenvalue weighted by Crippen LogP contribution is 2.23. The van der Waals surface area contributed by atoms with Crippen LogP contribution in [0, 0.1) is 0 Å². The molecule has 0 aromatic carbocycles. The standard InChI is InChI=1S/C16H32N4O2S.HI/c1-5-19-9-7-6-8-14(19)12-18-15(17-4)20-10-11-23(21,22)16(2,3)13-20;/h14H,5-13H2,1-4H3,(H,17,18);1H. The van der Waals surface area contributed by atoms with Crippen molar-refractivity contribution in [3.8, 4) is 0 Å². The van der Waals surface area contributed by atoms with Crippen molar-refractivity contribution < 1.29 is 8.42 Å². The fourth-order valence-electron chi connectivity index (χ4n) is 3.57. The van der Waals surface area contributed by atoms with E-state index >= 15 is 0 Å². The Balaban J connectivity index is 0.00000288. The number of nitrogens with one attached hydrogen (secondary N) is 1. The Morgan fingerprint density at radius 2 is 2.00 bits per heavy atom. The lowest BCUT2D eigenvalue weighted by Crippen LogP contribution is -2.58. The zero-order valence-electron chi connectivity index (χ0n) is 15.4. The van der Waals surface area contributed by atoms with Crippen LogP contribution in [-0.2, 0) is 9.84 Å². The molecule has 0 aromatic rings. The van der Waals surface area contributed by atoms with Gasteiger partial charge in [0, 0.05) is 32.7 Å². The van der Waals surface area contributed by atoms with Crippen LogP contribution in [0.15, 0.2) is 4.99 Å². The summed E-state index contributed by atoms with van der Waals surface area (Å²) < 4.78 is 23.6. The molecule has 24 heavy (non-hydrogen) atoms. The highest BCUT2D eigenvalue weighted by Gasteiger charge is 2.41. The summed E-state index contributed by atoms with van der Waals surface area (Å²) in [7, 11) is -1.24. The summed E-state index contributed by atoms with van der Waals surface area (Å²) in [5.74, 6) is 1.03. The van der Waals surface area contributed by atoms with Gasteiger partial charge in [0.2, 0.25) is 0 Å². The van der Waals surface area contributed by atoms with Gasteiger partial charge in [-0.15, -0.1) is 24.0 Å². The van der Waals surface area contributed by atoms with Crippen LogP contribution in [0.5, 0.6) is 0 Å². The van der Waals surface area contributed by atoms with Crippen molar-refractivity contribution >= 4 is 39.8 Å². The third kappa shape index (κ3) is 4.97. The van der Waals surface area contributed by atoms with Gasteiger partial charge in [-0.2, -0.15) is 0 Å². The van der Waals surface area contributed by atoms with Crippen LogP contribution < -0.4 is 5.32 Å². The van der Waals surface area contributed by atoms with Crippen LogP contribution in [0.2, 0.25) is 0 Å². The summed E-state index contributed by atoms with van der Waals surface area (Å²) in [6.45, 7) is 9.99. The first kappa shape index (κ1) is 22.0. The van der Waals surface area contributed by atoms with Crippen molar-refractivity contribution in [2.24, 2.45) is 4.99 Å². The molecule has 0 spiro atoms. The molecule has 0 amide bonds. The van der Waals surface area contributed by atoms with E-state index in [2.05, 4.69) is 27.0 Å². The number of piperidine rings is 1. The topological polar surface area (TPSA) is 65.0 Å². The summed E-state index contributed by atoms with van der Waals surface area (Å²) in [4.78, 5) is 8.98. The molecule has 0 bridgehead atoms. The van der Waals surface area contributed by atoms with Gasteiger partial charge in [0.05, 0.1) is 10.5 Å². The number of likely N-dealkylation sites (N-methyl/N-ethyl adjacent to an activating group) is 1.